The second kappa shape index (κ2) is 5.22. The first-order valence-corrected chi connectivity index (χ1v) is 5.74. The van der Waals surface area contributed by atoms with Gasteiger partial charge in [0.05, 0.1) is 13.2 Å². The van der Waals surface area contributed by atoms with Crippen LogP contribution in [0.3, 0.4) is 0 Å². The summed E-state index contributed by atoms with van der Waals surface area (Å²) in [6.45, 7) is 0.0985. The zero-order valence-electron chi connectivity index (χ0n) is 10.3. The zero-order valence-corrected chi connectivity index (χ0v) is 10.3. The van der Waals surface area contributed by atoms with Crippen molar-refractivity contribution in [3.8, 4) is 11.8 Å². The number of likely N-dealkylation sites (tertiary alicyclic amines) is 1. The summed E-state index contributed by atoms with van der Waals surface area (Å²) in [5.41, 5.74) is -0.116. The molecule has 0 saturated carbocycles. The zero-order chi connectivity index (χ0) is 14.0. The number of halogens is 2. The molecule has 1 saturated heterocycles. The Morgan fingerprint density at radius 1 is 1.47 bits per heavy atom. The van der Waals surface area contributed by atoms with Gasteiger partial charge in [0.15, 0.2) is 0 Å². The molecule has 1 fully saturated rings. The monoisotopic (exact) mass is 266 g/mol. The fraction of sp³-hybridized carbons (Fsp3) is 0.385. The van der Waals surface area contributed by atoms with Gasteiger partial charge in [0.2, 0.25) is 5.91 Å². The first-order chi connectivity index (χ1) is 9.06. The van der Waals surface area contributed by atoms with Gasteiger partial charge in [-0.1, -0.05) is 0 Å². The Bertz CT molecular complexity index is 531. The van der Waals surface area contributed by atoms with E-state index in [1.54, 1.807) is 0 Å². The summed E-state index contributed by atoms with van der Waals surface area (Å²) >= 11 is 0. The quantitative estimate of drug-likeness (QED) is 0.784. The second-order valence-corrected chi connectivity index (χ2v) is 4.34. The van der Waals surface area contributed by atoms with Gasteiger partial charge in [0.1, 0.15) is 23.9 Å². The molecular weight excluding hydrogens is 254 g/mol. The van der Waals surface area contributed by atoms with Crippen LogP contribution >= 0.6 is 0 Å². The van der Waals surface area contributed by atoms with E-state index in [1.807, 2.05) is 6.07 Å². The first-order valence-electron chi connectivity index (χ1n) is 5.74. The summed E-state index contributed by atoms with van der Waals surface area (Å²) in [4.78, 5) is 12.9. The summed E-state index contributed by atoms with van der Waals surface area (Å²) in [6, 6.07) is 4.04. The average molecular weight is 266 g/mol. The molecule has 1 amide bonds. The van der Waals surface area contributed by atoms with E-state index in [0.717, 1.165) is 12.1 Å². The highest BCUT2D eigenvalue weighted by Crippen LogP contribution is 2.33. The molecule has 0 spiro atoms. The van der Waals surface area contributed by atoms with E-state index in [2.05, 4.69) is 0 Å². The number of rotatable bonds is 3. The molecule has 0 radical (unpaired) electrons. The molecule has 1 heterocycles. The Kier molecular flexibility index (Phi) is 3.65. The Hall–Kier alpha value is -2.16. The van der Waals surface area contributed by atoms with Gasteiger partial charge in [0, 0.05) is 36.6 Å². The number of carbonyl (C=O) groups excluding carboxylic acids is 1. The van der Waals surface area contributed by atoms with Gasteiger partial charge in [0.25, 0.3) is 0 Å². The lowest BCUT2D eigenvalue weighted by molar-refractivity contribution is -0.127. The number of hydrogen-bond donors (Lipinski definition) is 0. The van der Waals surface area contributed by atoms with Crippen molar-refractivity contribution in [3.63, 3.8) is 0 Å². The minimum absolute atomic E-state index is 0.0157. The van der Waals surface area contributed by atoms with Crippen molar-refractivity contribution in [2.24, 2.45) is 0 Å². The van der Waals surface area contributed by atoms with Gasteiger partial charge in [-0.15, -0.1) is 0 Å². The minimum atomic E-state index is -0.728. The molecule has 4 nitrogen and oxygen atoms in total. The molecule has 1 aliphatic rings. The summed E-state index contributed by atoms with van der Waals surface area (Å²) in [6.07, 6.45) is 0.0157. The van der Waals surface area contributed by atoms with Gasteiger partial charge < -0.3 is 9.64 Å². The lowest BCUT2D eigenvalue weighted by Crippen LogP contribution is -2.25. The van der Waals surface area contributed by atoms with Crippen molar-refractivity contribution in [1.82, 2.24) is 4.90 Å². The molecule has 100 valence electrons. The molecule has 19 heavy (non-hydrogen) atoms. The Morgan fingerprint density at radius 3 is 2.63 bits per heavy atom. The van der Waals surface area contributed by atoms with Crippen LogP contribution in [-0.2, 0) is 4.79 Å². The van der Waals surface area contributed by atoms with Crippen LogP contribution in [0.4, 0.5) is 8.78 Å². The van der Waals surface area contributed by atoms with E-state index in [0.29, 0.717) is 0 Å². The number of nitriles is 1. The molecule has 1 aromatic carbocycles. The number of nitrogens with zero attached hydrogens (tertiary/aromatic N) is 2. The number of methoxy groups -OCH3 is 1. The predicted octanol–water partition coefficient (Wildman–Crippen LogP) is 1.81. The van der Waals surface area contributed by atoms with Gasteiger partial charge in [-0.25, -0.2) is 8.78 Å². The van der Waals surface area contributed by atoms with Crippen molar-refractivity contribution in [1.29, 1.82) is 5.26 Å². The number of ether oxygens (including phenoxy) is 1. The van der Waals surface area contributed by atoms with Crippen LogP contribution in [0, 0.1) is 23.0 Å². The minimum Gasteiger partial charge on any atom is -0.497 e. The topological polar surface area (TPSA) is 53.3 Å². The van der Waals surface area contributed by atoms with Crippen molar-refractivity contribution >= 4 is 5.91 Å². The SMILES string of the molecule is COc1cc(F)c(C2CC(=O)N(CC#N)C2)c(F)c1. The van der Waals surface area contributed by atoms with Crippen LogP contribution in [0.15, 0.2) is 12.1 Å². The average Bonchev–Trinajstić information content (AvgIpc) is 2.70. The number of amides is 1. The van der Waals surface area contributed by atoms with Crippen molar-refractivity contribution in [3.05, 3.63) is 29.3 Å². The normalized spacial score (nSPS) is 18.5. The summed E-state index contributed by atoms with van der Waals surface area (Å²) < 4.78 is 32.5. The second-order valence-electron chi connectivity index (χ2n) is 4.34. The van der Waals surface area contributed by atoms with Gasteiger partial charge in [-0.05, 0) is 0 Å². The van der Waals surface area contributed by atoms with E-state index in [-0.39, 0.29) is 36.7 Å². The van der Waals surface area contributed by atoms with E-state index in [4.69, 9.17) is 10.00 Å². The standard InChI is InChI=1S/C13H12F2N2O2/c1-19-9-5-10(14)13(11(15)6-9)8-4-12(18)17(7-8)3-2-16/h5-6,8H,3-4,7H2,1H3. The Balaban J connectivity index is 2.29. The summed E-state index contributed by atoms with van der Waals surface area (Å²) in [5, 5.41) is 8.57. The molecule has 2 rings (SSSR count). The van der Waals surface area contributed by atoms with E-state index < -0.39 is 17.6 Å². The van der Waals surface area contributed by atoms with Crippen LogP contribution in [0.1, 0.15) is 17.9 Å². The Morgan fingerprint density at radius 2 is 2.11 bits per heavy atom. The molecule has 0 aliphatic carbocycles. The van der Waals surface area contributed by atoms with E-state index >= 15 is 0 Å². The molecule has 0 aromatic heterocycles. The van der Waals surface area contributed by atoms with Crippen LogP contribution < -0.4 is 4.74 Å². The lowest BCUT2D eigenvalue weighted by Gasteiger charge is -2.14. The fourth-order valence-corrected chi connectivity index (χ4v) is 2.27. The third-order valence-corrected chi connectivity index (χ3v) is 3.17. The van der Waals surface area contributed by atoms with Gasteiger partial charge in [-0.3, -0.25) is 4.79 Å². The van der Waals surface area contributed by atoms with Gasteiger partial charge >= 0.3 is 0 Å². The van der Waals surface area contributed by atoms with Crippen molar-refractivity contribution < 1.29 is 18.3 Å². The number of hydrogen-bond acceptors (Lipinski definition) is 3. The molecule has 6 heteroatoms. The molecule has 1 unspecified atom stereocenters. The first kappa shape index (κ1) is 13.3. The van der Waals surface area contributed by atoms with Gasteiger partial charge in [-0.2, -0.15) is 5.26 Å². The largest absolute Gasteiger partial charge is 0.497 e. The summed E-state index contributed by atoms with van der Waals surface area (Å²) in [7, 11) is 1.32. The maximum atomic E-state index is 13.9. The molecule has 1 aromatic rings. The van der Waals surface area contributed by atoms with E-state index in [1.165, 1.54) is 12.0 Å². The molecule has 1 atom stereocenters. The molecule has 1 aliphatic heterocycles. The smallest absolute Gasteiger partial charge is 0.224 e. The summed E-state index contributed by atoms with van der Waals surface area (Å²) in [5.74, 6) is -2.19. The van der Waals surface area contributed by atoms with Crippen LogP contribution in [0.25, 0.3) is 0 Å². The molecule has 0 bridgehead atoms. The highest BCUT2D eigenvalue weighted by Gasteiger charge is 2.34. The van der Waals surface area contributed by atoms with Crippen LogP contribution in [0.2, 0.25) is 0 Å². The van der Waals surface area contributed by atoms with E-state index in [9.17, 15) is 13.6 Å². The Labute approximate surface area is 109 Å². The maximum Gasteiger partial charge on any atom is 0.224 e. The van der Waals surface area contributed by atoms with Crippen LogP contribution in [0.5, 0.6) is 5.75 Å². The number of carbonyl (C=O) groups is 1. The third kappa shape index (κ3) is 2.50. The highest BCUT2D eigenvalue weighted by atomic mass is 19.1. The third-order valence-electron chi connectivity index (χ3n) is 3.17. The molecular formula is C13H12F2N2O2. The maximum absolute atomic E-state index is 13.9. The van der Waals surface area contributed by atoms with Crippen molar-refractivity contribution in [2.45, 2.75) is 12.3 Å². The van der Waals surface area contributed by atoms with Crippen LogP contribution in [-0.4, -0.2) is 31.0 Å². The predicted molar refractivity (Wildman–Crippen MR) is 62.5 cm³/mol. The molecule has 0 N–H and O–H groups in total. The fourth-order valence-electron chi connectivity index (χ4n) is 2.27. The van der Waals surface area contributed by atoms with Crippen molar-refractivity contribution in [2.75, 3.05) is 20.2 Å². The highest BCUT2D eigenvalue weighted by molar-refractivity contribution is 5.80. The number of benzene rings is 1. The lowest BCUT2D eigenvalue weighted by atomic mass is 9.97.